The maximum absolute atomic E-state index is 5.93. The Kier molecular flexibility index (Phi) is 8.25. The SMILES string of the molecule is Cc1ccc(C(CN=C(N)NC(C)(C)C)N(C)C)cc1.I. The van der Waals surface area contributed by atoms with Crippen LogP contribution < -0.4 is 11.1 Å². The van der Waals surface area contributed by atoms with Gasteiger partial charge in [0.15, 0.2) is 5.96 Å². The van der Waals surface area contributed by atoms with Crippen LogP contribution in [0.5, 0.6) is 0 Å². The van der Waals surface area contributed by atoms with Gasteiger partial charge in [0.2, 0.25) is 0 Å². The fraction of sp³-hybridized carbons (Fsp3) is 0.562. The molecule has 120 valence electrons. The number of nitrogens with two attached hydrogens (primary N) is 1. The zero-order valence-electron chi connectivity index (χ0n) is 14.0. The van der Waals surface area contributed by atoms with Crippen LogP contribution in [0, 0.1) is 6.92 Å². The van der Waals surface area contributed by atoms with Crippen LogP contribution in [0.3, 0.4) is 0 Å². The molecule has 0 bridgehead atoms. The standard InChI is InChI=1S/C16H28N4.HI/c1-12-7-9-13(10-8-12)14(20(5)6)11-18-15(17)19-16(2,3)4;/h7-10,14H,11H2,1-6H3,(H3,17,18,19);1H. The second-order valence-electron chi connectivity index (χ2n) is 6.49. The first-order valence-electron chi connectivity index (χ1n) is 7.00. The van der Waals surface area contributed by atoms with Gasteiger partial charge >= 0.3 is 0 Å². The predicted molar refractivity (Wildman–Crippen MR) is 102 cm³/mol. The van der Waals surface area contributed by atoms with Crippen LogP contribution in [0.25, 0.3) is 0 Å². The Morgan fingerprint density at radius 2 is 1.76 bits per heavy atom. The highest BCUT2D eigenvalue weighted by Gasteiger charge is 2.15. The van der Waals surface area contributed by atoms with Crippen molar-refractivity contribution in [1.29, 1.82) is 0 Å². The molecular weight excluding hydrogens is 375 g/mol. The second kappa shape index (κ2) is 8.58. The van der Waals surface area contributed by atoms with Gasteiger partial charge in [-0.25, -0.2) is 0 Å². The lowest BCUT2D eigenvalue weighted by Gasteiger charge is -2.25. The molecule has 0 saturated heterocycles. The Morgan fingerprint density at radius 3 is 2.19 bits per heavy atom. The number of guanidine groups is 1. The Labute approximate surface area is 146 Å². The molecule has 1 rings (SSSR count). The molecule has 1 unspecified atom stereocenters. The first kappa shape index (κ1) is 20.2. The van der Waals surface area contributed by atoms with Crippen molar-refractivity contribution in [3.63, 3.8) is 0 Å². The normalized spacial score (nSPS) is 13.8. The van der Waals surface area contributed by atoms with Crippen LogP contribution in [0.4, 0.5) is 0 Å². The van der Waals surface area contributed by atoms with Gasteiger partial charge in [0, 0.05) is 5.54 Å². The minimum atomic E-state index is -0.0644. The molecule has 3 N–H and O–H groups in total. The van der Waals surface area contributed by atoms with Gasteiger partial charge in [0.1, 0.15) is 0 Å². The molecule has 0 aliphatic rings. The molecule has 0 amide bonds. The van der Waals surface area contributed by atoms with Crippen LogP contribution in [-0.2, 0) is 0 Å². The molecule has 0 aromatic heterocycles. The van der Waals surface area contributed by atoms with Gasteiger partial charge in [-0.2, -0.15) is 0 Å². The van der Waals surface area contributed by atoms with Crippen molar-refractivity contribution in [2.24, 2.45) is 10.7 Å². The van der Waals surface area contributed by atoms with Gasteiger partial charge < -0.3 is 16.0 Å². The zero-order valence-corrected chi connectivity index (χ0v) is 16.3. The predicted octanol–water partition coefficient (Wildman–Crippen LogP) is 2.92. The van der Waals surface area contributed by atoms with Gasteiger partial charge in [0.25, 0.3) is 0 Å². The summed E-state index contributed by atoms with van der Waals surface area (Å²) in [6, 6.07) is 8.81. The summed E-state index contributed by atoms with van der Waals surface area (Å²) in [4.78, 5) is 6.64. The highest BCUT2D eigenvalue weighted by atomic mass is 127. The van der Waals surface area contributed by atoms with Crippen LogP contribution in [0.1, 0.15) is 37.9 Å². The molecular formula is C16H29IN4. The molecule has 5 heteroatoms. The number of hydrogen-bond acceptors (Lipinski definition) is 2. The first-order valence-corrected chi connectivity index (χ1v) is 7.00. The third kappa shape index (κ3) is 7.66. The van der Waals surface area contributed by atoms with Crippen molar-refractivity contribution in [3.8, 4) is 0 Å². The van der Waals surface area contributed by atoms with Crippen molar-refractivity contribution in [1.82, 2.24) is 10.2 Å². The van der Waals surface area contributed by atoms with E-state index in [-0.39, 0.29) is 35.6 Å². The topological polar surface area (TPSA) is 53.6 Å². The summed E-state index contributed by atoms with van der Waals surface area (Å²) in [6.45, 7) is 8.94. The van der Waals surface area contributed by atoms with Crippen LogP contribution in [0.15, 0.2) is 29.3 Å². The number of nitrogens with one attached hydrogen (secondary N) is 1. The summed E-state index contributed by atoms with van der Waals surface area (Å²) >= 11 is 0. The monoisotopic (exact) mass is 404 g/mol. The molecule has 1 aromatic rings. The fourth-order valence-electron chi connectivity index (χ4n) is 1.96. The van der Waals surface area contributed by atoms with E-state index in [1.54, 1.807) is 0 Å². The van der Waals surface area contributed by atoms with Crippen LogP contribution in [0.2, 0.25) is 0 Å². The van der Waals surface area contributed by atoms with E-state index in [4.69, 9.17) is 5.73 Å². The summed E-state index contributed by atoms with van der Waals surface area (Å²) in [7, 11) is 4.13. The molecule has 0 aliphatic carbocycles. The third-order valence-electron chi connectivity index (χ3n) is 3.02. The first-order chi connectivity index (χ1) is 9.19. The van der Waals surface area contributed by atoms with E-state index >= 15 is 0 Å². The van der Waals surface area contributed by atoms with Gasteiger partial charge in [-0.1, -0.05) is 29.8 Å². The second-order valence-corrected chi connectivity index (χ2v) is 6.49. The summed E-state index contributed by atoms with van der Waals surface area (Å²) in [5.74, 6) is 0.497. The molecule has 4 nitrogen and oxygen atoms in total. The number of aliphatic imine (C=N–C) groups is 1. The average molecular weight is 404 g/mol. The van der Waals surface area contributed by atoms with Crippen LogP contribution >= 0.6 is 24.0 Å². The van der Waals surface area contributed by atoms with E-state index in [9.17, 15) is 0 Å². The summed E-state index contributed by atoms with van der Waals surface area (Å²) in [5.41, 5.74) is 8.39. The quantitative estimate of drug-likeness (QED) is 0.461. The number of benzene rings is 1. The molecule has 1 atom stereocenters. The maximum Gasteiger partial charge on any atom is 0.189 e. The fourth-order valence-corrected chi connectivity index (χ4v) is 1.96. The smallest absolute Gasteiger partial charge is 0.189 e. The Morgan fingerprint density at radius 1 is 1.24 bits per heavy atom. The largest absolute Gasteiger partial charge is 0.370 e. The minimum Gasteiger partial charge on any atom is -0.370 e. The number of likely N-dealkylation sites (N-methyl/N-ethyl adjacent to an activating group) is 1. The summed E-state index contributed by atoms with van der Waals surface area (Å²) in [5, 5.41) is 3.18. The number of hydrogen-bond donors (Lipinski definition) is 2. The van der Waals surface area contributed by atoms with Crippen molar-refractivity contribution in [2.75, 3.05) is 20.6 Å². The van der Waals surface area contributed by atoms with Gasteiger partial charge in [-0.3, -0.25) is 4.99 Å². The van der Waals surface area contributed by atoms with Crippen LogP contribution in [-0.4, -0.2) is 37.0 Å². The number of rotatable bonds is 4. The maximum atomic E-state index is 5.93. The molecule has 0 fully saturated rings. The lowest BCUT2D eigenvalue weighted by Crippen LogP contribution is -2.45. The molecule has 0 aliphatic heterocycles. The van der Waals surface area contributed by atoms with E-state index in [1.165, 1.54) is 11.1 Å². The van der Waals surface area contributed by atoms with Crippen molar-refractivity contribution in [2.45, 2.75) is 39.3 Å². The number of halogens is 1. The molecule has 0 saturated carbocycles. The third-order valence-corrected chi connectivity index (χ3v) is 3.02. The average Bonchev–Trinajstić information content (AvgIpc) is 2.29. The highest BCUT2D eigenvalue weighted by Crippen LogP contribution is 2.19. The molecule has 1 aromatic carbocycles. The van der Waals surface area contributed by atoms with Gasteiger partial charge in [0.05, 0.1) is 12.6 Å². The summed E-state index contributed by atoms with van der Waals surface area (Å²) in [6.07, 6.45) is 0. The van der Waals surface area contributed by atoms with E-state index < -0.39 is 0 Å². The summed E-state index contributed by atoms with van der Waals surface area (Å²) < 4.78 is 0. The molecule has 21 heavy (non-hydrogen) atoms. The van der Waals surface area contributed by atoms with E-state index in [1.807, 2.05) is 0 Å². The van der Waals surface area contributed by atoms with Crippen molar-refractivity contribution in [3.05, 3.63) is 35.4 Å². The van der Waals surface area contributed by atoms with Gasteiger partial charge in [-0.05, 0) is 47.4 Å². The molecule has 0 heterocycles. The van der Waals surface area contributed by atoms with E-state index in [0.717, 1.165) is 0 Å². The van der Waals surface area contributed by atoms with E-state index in [0.29, 0.717) is 12.5 Å². The molecule has 0 radical (unpaired) electrons. The Balaban J connectivity index is 0.00000400. The number of aryl methyl sites for hydroxylation is 1. The zero-order chi connectivity index (χ0) is 15.3. The van der Waals surface area contributed by atoms with Crippen molar-refractivity contribution < 1.29 is 0 Å². The van der Waals surface area contributed by atoms with E-state index in [2.05, 4.69) is 81.3 Å². The highest BCUT2D eigenvalue weighted by molar-refractivity contribution is 14.0. The minimum absolute atomic E-state index is 0. The lowest BCUT2D eigenvalue weighted by atomic mass is 10.0. The number of nitrogens with zero attached hydrogens (tertiary/aromatic N) is 2. The lowest BCUT2D eigenvalue weighted by molar-refractivity contribution is 0.306. The van der Waals surface area contributed by atoms with Gasteiger partial charge in [-0.15, -0.1) is 24.0 Å². The Bertz CT molecular complexity index is 446. The Hall–Kier alpha value is -0.820. The molecule has 0 spiro atoms. The van der Waals surface area contributed by atoms with Crippen molar-refractivity contribution >= 4 is 29.9 Å².